The molecule has 1 spiro atoms. The molecule has 1 N–H and O–H groups in total. The van der Waals surface area contributed by atoms with Gasteiger partial charge in [-0.25, -0.2) is 0 Å². The van der Waals surface area contributed by atoms with Crippen LogP contribution in [0.1, 0.15) is 38.8 Å². The summed E-state index contributed by atoms with van der Waals surface area (Å²) >= 11 is 0. The number of hydrogen-bond donors (Lipinski definition) is 1. The number of carbonyl (C=O) groups is 3. The smallest absolute Gasteiger partial charge is 0.270 e. The van der Waals surface area contributed by atoms with Crippen LogP contribution in [0.4, 0.5) is 17.1 Å². The Morgan fingerprint density at radius 2 is 1.61 bits per heavy atom. The molecule has 4 aromatic carbocycles. The van der Waals surface area contributed by atoms with Gasteiger partial charge in [0.25, 0.3) is 5.69 Å². The van der Waals surface area contributed by atoms with Crippen molar-refractivity contribution < 1.29 is 24.0 Å². The third kappa shape index (κ3) is 3.75. The van der Waals surface area contributed by atoms with Crippen LogP contribution < -0.4 is 15.0 Å². The Labute approximate surface area is 252 Å². The molecule has 0 saturated carbocycles. The van der Waals surface area contributed by atoms with Gasteiger partial charge in [-0.05, 0) is 42.3 Å². The first-order chi connectivity index (χ1) is 21.3. The Bertz CT molecular complexity index is 1930. The summed E-state index contributed by atoms with van der Waals surface area (Å²) in [4.78, 5) is 57.3. The molecule has 3 aliphatic heterocycles. The molecule has 9 heteroatoms. The standard InChI is InChI=1S/C35H27N3O6/c1-20-17-29-35(26-14-4-5-15-27(26)36-34(35)41)30(32(39)21-9-7-11-23(18-21)38(42)43)31(37(29)28-16-6-3-13-25(20)28)33(40)22-10-8-12-24(19-22)44-2/h3-19,29-31H,1-2H3,(H,36,41)/t29-,30+,31-,35-/m0/s1. The molecule has 4 aromatic rings. The number of fused-ring (bicyclic) bond motifs is 6. The van der Waals surface area contributed by atoms with Crippen molar-refractivity contribution in [3.05, 3.63) is 136 Å². The molecule has 7 rings (SSSR count). The Morgan fingerprint density at radius 3 is 2.39 bits per heavy atom. The molecule has 3 aliphatic rings. The summed E-state index contributed by atoms with van der Waals surface area (Å²) in [6.45, 7) is 1.96. The van der Waals surface area contributed by atoms with Crippen molar-refractivity contribution in [3.63, 3.8) is 0 Å². The number of nitro benzene ring substituents is 1. The van der Waals surface area contributed by atoms with Crippen LogP contribution in [0.15, 0.2) is 103 Å². The lowest BCUT2D eigenvalue weighted by Crippen LogP contribution is -2.51. The van der Waals surface area contributed by atoms with Gasteiger partial charge in [0.2, 0.25) is 5.91 Å². The lowest BCUT2D eigenvalue weighted by molar-refractivity contribution is -0.384. The van der Waals surface area contributed by atoms with Crippen LogP contribution in [0.5, 0.6) is 5.75 Å². The minimum atomic E-state index is -1.52. The number of ketones is 2. The third-order valence-corrected chi connectivity index (χ3v) is 9.13. The molecule has 0 radical (unpaired) electrons. The Hall–Kier alpha value is -5.57. The summed E-state index contributed by atoms with van der Waals surface area (Å²) < 4.78 is 5.41. The maximum Gasteiger partial charge on any atom is 0.270 e. The second kappa shape index (κ2) is 10.0. The fraction of sp³-hybridized carbons (Fsp3) is 0.171. The lowest BCUT2D eigenvalue weighted by atomic mass is 9.64. The highest BCUT2D eigenvalue weighted by molar-refractivity contribution is 6.18. The fourth-order valence-electron chi connectivity index (χ4n) is 7.29. The maximum absolute atomic E-state index is 14.9. The first-order valence-corrected chi connectivity index (χ1v) is 14.2. The van der Waals surface area contributed by atoms with Gasteiger partial charge in [-0.1, -0.05) is 66.7 Å². The van der Waals surface area contributed by atoms with Crippen LogP contribution in [0.25, 0.3) is 5.57 Å². The third-order valence-electron chi connectivity index (χ3n) is 9.13. The minimum absolute atomic E-state index is 0.0537. The van der Waals surface area contributed by atoms with Gasteiger partial charge >= 0.3 is 0 Å². The summed E-state index contributed by atoms with van der Waals surface area (Å²) in [6.07, 6.45) is 1.97. The molecule has 1 amide bonds. The number of benzene rings is 4. The van der Waals surface area contributed by atoms with Gasteiger partial charge in [-0.15, -0.1) is 0 Å². The number of nitrogens with one attached hydrogen (secondary N) is 1. The largest absolute Gasteiger partial charge is 0.497 e. The molecule has 0 aliphatic carbocycles. The normalized spacial score (nSPS) is 22.9. The predicted octanol–water partition coefficient (Wildman–Crippen LogP) is 5.85. The van der Waals surface area contributed by atoms with Crippen molar-refractivity contribution >= 4 is 40.1 Å². The summed E-state index contributed by atoms with van der Waals surface area (Å²) in [5.41, 5.74) is 2.29. The topological polar surface area (TPSA) is 119 Å². The Kier molecular flexibility index (Phi) is 6.21. The summed E-state index contributed by atoms with van der Waals surface area (Å²) in [5.74, 6) is -2.07. The van der Waals surface area contributed by atoms with E-state index in [9.17, 15) is 24.5 Å². The number of allylic oxidation sites excluding steroid dienone is 1. The van der Waals surface area contributed by atoms with Gasteiger partial charge in [0, 0.05) is 40.2 Å². The van der Waals surface area contributed by atoms with Crippen LogP contribution in [0, 0.1) is 16.0 Å². The average Bonchev–Trinajstić information content (AvgIpc) is 3.52. The highest BCUT2D eigenvalue weighted by Crippen LogP contribution is 2.59. The molecule has 0 bridgehead atoms. The van der Waals surface area contributed by atoms with E-state index in [-0.39, 0.29) is 17.0 Å². The van der Waals surface area contributed by atoms with E-state index in [1.165, 1.54) is 31.4 Å². The van der Waals surface area contributed by atoms with Gasteiger partial charge in [-0.3, -0.25) is 24.5 Å². The van der Waals surface area contributed by atoms with Crippen molar-refractivity contribution in [2.24, 2.45) is 5.92 Å². The number of non-ortho nitro benzene ring substituents is 1. The average molecular weight is 586 g/mol. The zero-order valence-electron chi connectivity index (χ0n) is 23.9. The zero-order chi connectivity index (χ0) is 30.7. The number of anilines is 2. The van der Waals surface area contributed by atoms with Crippen LogP contribution in [-0.2, 0) is 10.2 Å². The number of carbonyl (C=O) groups excluding carboxylic acids is 3. The van der Waals surface area contributed by atoms with E-state index in [1.807, 2.05) is 54.3 Å². The van der Waals surface area contributed by atoms with Crippen LogP contribution >= 0.6 is 0 Å². The number of nitrogens with zero attached hydrogens (tertiary/aromatic N) is 2. The van der Waals surface area contributed by atoms with Gasteiger partial charge in [0.05, 0.1) is 24.0 Å². The van der Waals surface area contributed by atoms with Crippen LogP contribution in [0.3, 0.4) is 0 Å². The number of rotatable bonds is 6. The zero-order valence-corrected chi connectivity index (χ0v) is 23.9. The molecule has 3 heterocycles. The van der Waals surface area contributed by atoms with Crippen LogP contribution in [0.2, 0.25) is 0 Å². The van der Waals surface area contributed by atoms with E-state index in [2.05, 4.69) is 5.32 Å². The first-order valence-electron chi connectivity index (χ1n) is 14.2. The van der Waals surface area contributed by atoms with Crippen molar-refractivity contribution in [2.75, 3.05) is 17.3 Å². The van der Waals surface area contributed by atoms with Crippen molar-refractivity contribution in [3.8, 4) is 5.75 Å². The van der Waals surface area contributed by atoms with E-state index in [1.54, 1.807) is 36.4 Å². The highest BCUT2D eigenvalue weighted by atomic mass is 16.6. The number of amides is 1. The fourth-order valence-corrected chi connectivity index (χ4v) is 7.29. The number of nitro groups is 1. The van der Waals surface area contributed by atoms with E-state index in [0.29, 0.717) is 22.6 Å². The van der Waals surface area contributed by atoms with Gasteiger partial charge in [0.15, 0.2) is 11.6 Å². The molecular formula is C35H27N3O6. The van der Waals surface area contributed by atoms with E-state index in [4.69, 9.17) is 4.74 Å². The molecule has 4 atom stereocenters. The van der Waals surface area contributed by atoms with Gasteiger partial charge in [-0.2, -0.15) is 0 Å². The monoisotopic (exact) mass is 585 g/mol. The molecule has 1 saturated heterocycles. The second-order valence-corrected chi connectivity index (χ2v) is 11.3. The summed E-state index contributed by atoms with van der Waals surface area (Å²) in [6, 6.07) is 25.2. The van der Waals surface area contributed by atoms with Gasteiger partial charge in [0.1, 0.15) is 17.2 Å². The molecule has 218 valence electrons. The van der Waals surface area contributed by atoms with E-state index < -0.39 is 40.0 Å². The predicted molar refractivity (Wildman–Crippen MR) is 165 cm³/mol. The Morgan fingerprint density at radius 1 is 0.909 bits per heavy atom. The Balaban J connectivity index is 1.55. The van der Waals surface area contributed by atoms with E-state index >= 15 is 0 Å². The van der Waals surface area contributed by atoms with E-state index in [0.717, 1.165) is 16.8 Å². The van der Waals surface area contributed by atoms with Crippen molar-refractivity contribution in [1.82, 2.24) is 0 Å². The number of ether oxygens (including phenoxy) is 1. The molecule has 9 nitrogen and oxygen atoms in total. The minimum Gasteiger partial charge on any atom is -0.497 e. The number of hydrogen-bond acceptors (Lipinski definition) is 7. The maximum atomic E-state index is 14.9. The molecule has 44 heavy (non-hydrogen) atoms. The highest BCUT2D eigenvalue weighted by Gasteiger charge is 2.70. The molecule has 1 fully saturated rings. The van der Waals surface area contributed by atoms with Crippen LogP contribution in [-0.4, -0.2) is 41.6 Å². The number of Topliss-reactive ketones (excluding diaryl/α,β-unsaturated/α-hetero) is 2. The molecule has 0 aromatic heterocycles. The van der Waals surface area contributed by atoms with Gasteiger partial charge < -0.3 is 15.0 Å². The number of methoxy groups -OCH3 is 1. The summed E-state index contributed by atoms with van der Waals surface area (Å²) in [7, 11) is 1.51. The molecule has 0 unspecified atom stereocenters. The number of para-hydroxylation sites is 2. The molecular weight excluding hydrogens is 558 g/mol. The van der Waals surface area contributed by atoms with Crippen molar-refractivity contribution in [1.29, 1.82) is 0 Å². The summed E-state index contributed by atoms with van der Waals surface area (Å²) in [5, 5.41) is 14.7. The quantitative estimate of drug-likeness (QED) is 0.171. The second-order valence-electron chi connectivity index (χ2n) is 11.3. The first kappa shape index (κ1) is 27.3. The SMILES string of the molecule is COc1cccc(C(=O)[C@@H]2[C@H](C(=O)c3cccc([N+](=O)[O-])c3)[C@@]3(C(=O)Nc4ccccc43)[C@@H]3C=C(C)c4ccccc4N23)c1. The lowest BCUT2D eigenvalue weighted by Gasteiger charge is -2.39. The van der Waals surface area contributed by atoms with Crippen molar-refractivity contribution in [2.45, 2.75) is 24.4 Å².